The van der Waals surface area contributed by atoms with Gasteiger partial charge >= 0.3 is 0 Å². The van der Waals surface area contributed by atoms with Crippen LogP contribution in [-0.4, -0.2) is 25.4 Å². The Labute approximate surface area is 120 Å². The van der Waals surface area contributed by atoms with Crippen molar-refractivity contribution in [3.63, 3.8) is 0 Å². The predicted octanol–water partition coefficient (Wildman–Crippen LogP) is 2.63. The van der Waals surface area contributed by atoms with Crippen LogP contribution in [0.15, 0.2) is 18.2 Å². The van der Waals surface area contributed by atoms with Crippen LogP contribution in [0.25, 0.3) is 0 Å². The highest BCUT2D eigenvalue weighted by Crippen LogP contribution is 2.43. The Morgan fingerprint density at radius 2 is 2.25 bits per heavy atom. The second-order valence-electron chi connectivity index (χ2n) is 5.80. The van der Waals surface area contributed by atoms with Gasteiger partial charge in [-0.2, -0.15) is 0 Å². The van der Waals surface area contributed by atoms with Crippen LogP contribution in [0, 0.1) is 0 Å². The molecule has 1 saturated heterocycles. The molecular formula is C16H23NO3. The summed E-state index contributed by atoms with van der Waals surface area (Å²) in [6.07, 6.45) is 5.84. The minimum absolute atomic E-state index is 0.109. The van der Waals surface area contributed by atoms with Gasteiger partial charge in [-0.15, -0.1) is 0 Å². The van der Waals surface area contributed by atoms with Crippen molar-refractivity contribution in [1.82, 2.24) is 0 Å². The quantitative estimate of drug-likeness (QED) is 0.919. The molecule has 1 unspecified atom stereocenters. The molecule has 1 aromatic carbocycles. The molecule has 0 radical (unpaired) electrons. The van der Waals surface area contributed by atoms with Gasteiger partial charge in [0.15, 0.2) is 0 Å². The fourth-order valence-corrected chi connectivity index (χ4v) is 3.14. The molecule has 1 spiro atoms. The zero-order chi connectivity index (χ0) is 14.0. The molecule has 2 aliphatic rings. The van der Waals surface area contributed by atoms with E-state index in [1.165, 1.54) is 19.3 Å². The molecule has 0 amide bonds. The van der Waals surface area contributed by atoms with Crippen molar-refractivity contribution >= 4 is 0 Å². The summed E-state index contributed by atoms with van der Waals surface area (Å²) in [5.41, 5.74) is 6.92. The number of benzene rings is 1. The molecule has 1 aliphatic heterocycles. The molecule has 0 aromatic heterocycles. The first-order chi connectivity index (χ1) is 9.74. The van der Waals surface area contributed by atoms with Crippen molar-refractivity contribution in [2.24, 2.45) is 5.73 Å². The maximum absolute atomic E-state index is 6.19. The molecule has 0 bridgehead atoms. The summed E-state index contributed by atoms with van der Waals surface area (Å²) in [5.74, 6) is 1.70. The third-order valence-electron chi connectivity index (χ3n) is 4.49. The Bertz CT molecular complexity index is 471. The first-order valence-corrected chi connectivity index (χ1v) is 7.42. The van der Waals surface area contributed by atoms with Crippen molar-refractivity contribution in [3.8, 4) is 11.5 Å². The monoisotopic (exact) mass is 277 g/mol. The fourth-order valence-electron chi connectivity index (χ4n) is 3.14. The molecule has 110 valence electrons. The van der Waals surface area contributed by atoms with Gasteiger partial charge in [0.05, 0.1) is 19.3 Å². The van der Waals surface area contributed by atoms with E-state index in [0.717, 1.165) is 36.5 Å². The summed E-state index contributed by atoms with van der Waals surface area (Å²) in [6.45, 7) is 1.26. The van der Waals surface area contributed by atoms with Crippen LogP contribution >= 0.6 is 0 Å². The number of hydrogen-bond donors (Lipinski definition) is 1. The molecule has 1 aliphatic carbocycles. The minimum atomic E-state index is 0.109. The Kier molecular flexibility index (Phi) is 3.85. The molecule has 1 heterocycles. The smallest absolute Gasteiger partial charge is 0.124 e. The molecule has 20 heavy (non-hydrogen) atoms. The van der Waals surface area contributed by atoms with E-state index in [2.05, 4.69) is 0 Å². The summed E-state index contributed by atoms with van der Waals surface area (Å²) >= 11 is 0. The number of rotatable bonds is 4. The van der Waals surface area contributed by atoms with E-state index < -0.39 is 0 Å². The highest BCUT2D eigenvalue weighted by Gasteiger charge is 2.43. The van der Waals surface area contributed by atoms with Gasteiger partial charge < -0.3 is 19.9 Å². The average Bonchev–Trinajstić information content (AvgIpc) is 2.46. The first-order valence-electron chi connectivity index (χ1n) is 7.42. The van der Waals surface area contributed by atoms with E-state index in [0.29, 0.717) is 6.54 Å². The standard InChI is InChI=1S/C16H23NO3/c1-18-13-3-4-15(12(9-13)11-17)20-14-5-8-19-16(10-14)6-2-7-16/h3-4,9,14H,2,5-8,10-11,17H2,1H3. The molecule has 2 fully saturated rings. The SMILES string of the molecule is COc1ccc(OC2CCOC3(CCC3)C2)c(CN)c1. The topological polar surface area (TPSA) is 53.7 Å². The van der Waals surface area contributed by atoms with Gasteiger partial charge in [-0.3, -0.25) is 0 Å². The molecule has 3 rings (SSSR count). The van der Waals surface area contributed by atoms with Gasteiger partial charge in [0.25, 0.3) is 0 Å². The zero-order valence-electron chi connectivity index (χ0n) is 12.1. The molecular weight excluding hydrogens is 254 g/mol. The van der Waals surface area contributed by atoms with Crippen LogP contribution in [-0.2, 0) is 11.3 Å². The van der Waals surface area contributed by atoms with Gasteiger partial charge in [0.1, 0.15) is 17.6 Å². The molecule has 1 aromatic rings. The average molecular weight is 277 g/mol. The highest BCUT2D eigenvalue weighted by molar-refractivity contribution is 5.40. The molecule has 1 saturated carbocycles. The van der Waals surface area contributed by atoms with Crippen LogP contribution in [0.5, 0.6) is 11.5 Å². The van der Waals surface area contributed by atoms with Gasteiger partial charge in [0, 0.05) is 24.9 Å². The summed E-state index contributed by atoms with van der Waals surface area (Å²) in [4.78, 5) is 0. The van der Waals surface area contributed by atoms with E-state index in [1.807, 2.05) is 18.2 Å². The van der Waals surface area contributed by atoms with Crippen molar-refractivity contribution in [2.75, 3.05) is 13.7 Å². The summed E-state index contributed by atoms with van der Waals surface area (Å²) < 4.78 is 17.4. The van der Waals surface area contributed by atoms with Gasteiger partial charge in [-0.05, 0) is 37.5 Å². The van der Waals surface area contributed by atoms with Crippen molar-refractivity contribution < 1.29 is 14.2 Å². The van der Waals surface area contributed by atoms with Crippen LogP contribution in [0.1, 0.15) is 37.7 Å². The molecule has 4 heteroatoms. The largest absolute Gasteiger partial charge is 0.497 e. The van der Waals surface area contributed by atoms with Crippen molar-refractivity contribution in [1.29, 1.82) is 0 Å². The Balaban J connectivity index is 1.70. The zero-order valence-corrected chi connectivity index (χ0v) is 12.1. The number of methoxy groups -OCH3 is 1. The van der Waals surface area contributed by atoms with Crippen LogP contribution in [0.2, 0.25) is 0 Å². The Morgan fingerprint density at radius 1 is 1.40 bits per heavy atom. The fraction of sp³-hybridized carbons (Fsp3) is 0.625. The third kappa shape index (κ3) is 2.63. The lowest BCUT2D eigenvalue weighted by molar-refractivity contribution is -0.153. The number of ether oxygens (including phenoxy) is 3. The summed E-state index contributed by atoms with van der Waals surface area (Å²) in [5, 5.41) is 0. The number of hydrogen-bond acceptors (Lipinski definition) is 4. The van der Waals surface area contributed by atoms with Crippen LogP contribution < -0.4 is 15.2 Å². The van der Waals surface area contributed by atoms with E-state index in [9.17, 15) is 0 Å². The molecule has 4 nitrogen and oxygen atoms in total. The lowest BCUT2D eigenvalue weighted by Crippen LogP contribution is -2.48. The third-order valence-corrected chi connectivity index (χ3v) is 4.49. The second-order valence-corrected chi connectivity index (χ2v) is 5.80. The summed E-state index contributed by atoms with van der Waals surface area (Å²) in [7, 11) is 1.66. The Morgan fingerprint density at radius 3 is 2.90 bits per heavy atom. The normalized spacial score (nSPS) is 24.2. The maximum atomic E-state index is 6.19. The van der Waals surface area contributed by atoms with Gasteiger partial charge in [-0.25, -0.2) is 0 Å². The molecule has 1 atom stereocenters. The van der Waals surface area contributed by atoms with Crippen LogP contribution in [0.4, 0.5) is 0 Å². The lowest BCUT2D eigenvalue weighted by Gasteiger charge is -2.47. The van der Waals surface area contributed by atoms with Gasteiger partial charge in [-0.1, -0.05) is 0 Å². The van der Waals surface area contributed by atoms with Crippen LogP contribution in [0.3, 0.4) is 0 Å². The maximum Gasteiger partial charge on any atom is 0.124 e. The van der Waals surface area contributed by atoms with Crippen molar-refractivity contribution in [2.45, 2.75) is 50.4 Å². The second kappa shape index (κ2) is 5.62. The summed E-state index contributed by atoms with van der Waals surface area (Å²) in [6, 6.07) is 5.84. The number of nitrogens with two attached hydrogens (primary N) is 1. The first kappa shape index (κ1) is 13.7. The van der Waals surface area contributed by atoms with E-state index >= 15 is 0 Å². The van der Waals surface area contributed by atoms with E-state index in [4.69, 9.17) is 19.9 Å². The van der Waals surface area contributed by atoms with Gasteiger partial charge in [0.2, 0.25) is 0 Å². The Hall–Kier alpha value is -1.26. The lowest BCUT2D eigenvalue weighted by atomic mass is 9.74. The van der Waals surface area contributed by atoms with E-state index in [1.54, 1.807) is 7.11 Å². The minimum Gasteiger partial charge on any atom is -0.497 e. The van der Waals surface area contributed by atoms with E-state index in [-0.39, 0.29) is 11.7 Å². The molecule has 2 N–H and O–H groups in total. The highest BCUT2D eigenvalue weighted by atomic mass is 16.5. The van der Waals surface area contributed by atoms with Crippen molar-refractivity contribution in [3.05, 3.63) is 23.8 Å². The predicted molar refractivity (Wildman–Crippen MR) is 77.1 cm³/mol.